The highest BCUT2D eigenvalue weighted by atomic mass is 16.7. The molecule has 290 valence electrons. The number of ether oxygens (including phenoxy) is 5. The second-order valence-electron chi connectivity index (χ2n) is 16.6. The molecule has 2 bridgehead atoms. The highest BCUT2D eigenvalue weighted by Crippen LogP contribution is 2.70. The van der Waals surface area contributed by atoms with Crippen molar-refractivity contribution >= 4 is 11.9 Å². The molecule has 6 aliphatic rings. The van der Waals surface area contributed by atoms with Gasteiger partial charge in [0, 0.05) is 11.8 Å². The number of hydrogen-bond donors (Lipinski definition) is 8. The van der Waals surface area contributed by atoms with Gasteiger partial charge in [-0.2, -0.15) is 0 Å². The van der Waals surface area contributed by atoms with Crippen LogP contribution in [-0.4, -0.2) is 140 Å². The van der Waals surface area contributed by atoms with Crippen LogP contribution in [0.15, 0.2) is 12.2 Å². The molecule has 0 amide bonds. The zero-order chi connectivity index (χ0) is 37.2. The van der Waals surface area contributed by atoms with E-state index in [2.05, 4.69) is 13.5 Å². The lowest BCUT2D eigenvalue weighted by Crippen LogP contribution is -2.66. The lowest BCUT2D eigenvalue weighted by molar-refractivity contribution is -0.366. The second-order valence-corrected chi connectivity index (χ2v) is 16.6. The first kappa shape index (κ1) is 38.9. The van der Waals surface area contributed by atoms with Crippen molar-refractivity contribution in [3.05, 3.63) is 12.2 Å². The number of esters is 1. The summed E-state index contributed by atoms with van der Waals surface area (Å²) >= 11 is 0. The predicted molar refractivity (Wildman–Crippen MR) is 174 cm³/mol. The van der Waals surface area contributed by atoms with Crippen LogP contribution in [0.5, 0.6) is 0 Å². The molecule has 15 heteroatoms. The molecule has 6 rings (SSSR count). The normalized spacial score (nSPS) is 49.7. The van der Waals surface area contributed by atoms with E-state index in [1.807, 2.05) is 0 Å². The van der Waals surface area contributed by atoms with Gasteiger partial charge in [0.15, 0.2) is 18.7 Å². The van der Waals surface area contributed by atoms with Crippen molar-refractivity contribution in [2.24, 2.45) is 40.4 Å². The fraction of sp³-hybridized carbons (Fsp3) is 0.889. The van der Waals surface area contributed by atoms with Crippen LogP contribution in [0.1, 0.15) is 72.1 Å². The summed E-state index contributed by atoms with van der Waals surface area (Å²) in [6.07, 6.45) is -13.1. The number of carboxylic acid groups (broad SMARTS) is 1. The minimum absolute atomic E-state index is 0.00345. The van der Waals surface area contributed by atoms with E-state index in [-0.39, 0.29) is 36.5 Å². The van der Waals surface area contributed by atoms with E-state index >= 15 is 0 Å². The minimum Gasteiger partial charge on any atom is -0.481 e. The predicted octanol–water partition coefficient (Wildman–Crippen LogP) is -0.163. The lowest BCUT2D eigenvalue weighted by atomic mass is 9.43. The Balaban J connectivity index is 1.31. The molecule has 15 nitrogen and oxygen atoms in total. The van der Waals surface area contributed by atoms with E-state index in [1.54, 1.807) is 13.8 Å². The summed E-state index contributed by atoms with van der Waals surface area (Å²) in [5.74, 6) is -2.49. The molecule has 51 heavy (non-hydrogen) atoms. The van der Waals surface area contributed by atoms with Gasteiger partial charge in [-0.05, 0) is 79.6 Å². The Kier molecular flexibility index (Phi) is 11.3. The fourth-order valence-electron chi connectivity index (χ4n) is 10.8. The number of fused-ring (bicyclic) bond motifs is 3. The van der Waals surface area contributed by atoms with E-state index < -0.39 is 116 Å². The number of hydrogen-bond acceptors (Lipinski definition) is 14. The zero-order valence-corrected chi connectivity index (χ0v) is 29.5. The van der Waals surface area contributed by atoms with Crippen LogP contribution < -0.4 is 0 Å². The highest BCUT2D eigenvalue weighted by molar-refractivity contribution is 5.71. The van der Waals surface area contributed by atoms with Gasteiger partial charge in [-0.1, -0.05) is 27.4 Å². The summed E-state index contributed by atoms with van der Waals surface area (Å²) in [5, 5.41) is 84.8. The molecule has 0 aromatic rings. The largest absolute Gasteiger partial charge is 0.481 e. The average Bonchev–Trinajstić information content (AvgIpc) is 3.25. The van der Waals surface area contributed by atoms with E-state index in [0.29, 0.717) is 12.8 Å². The summed E-state index contributed by atoms with van der Waals surface area (Å²) in [5.41, 5.74) is -0.0942. The van der Waals surface area contributed by atoms with Gasteiger partial charge in [0.1, 0.15) is 42.7 Å². The average molecular weight is 729 g/mol. The van der Waals surface area contributed by atoms with Crippen LogP contribution >= 0.6 is 0 Å². The first-order valence-corrected chi connectivity index (χ1v) is 18.4. The fourth-order valence-corrected chi connectivity index (χ4v) is 10.8. The summed E-state index contributed by atoms with van der Waals surface area (Å²) in [7, 11) is 0. The van der Waals surface area contributed by atoms with Crippen molar-refractivity contribution in [1.82, 2.24) is 0 Å². The molecule has 6 fully saturated rings. The van der Waals surface area contributed by atoms with E-state index in [1.165, 1.54) is 0 Å². The summed E-state index contributed by atoms with van der Waals surface area (Å²) in [6.45, 7) is 8.46. The molecule has 0 aromatic carbocycles. The number of aliphatic hydroxyl groups is 7. The Morgan fingerprint density at radius 3 is 2.20 bits per heavy atom. The van der Waals surface area contributed by atoms with Crippen LogP contribution in [-0.2, 0) is 33.3 Å². The van der Waals surface area contributed by atoms with Crippen LogP contribution in [0.4, 0.5) is 0 Å². The number of carboxylic acids is 1. The molecular weight excluding hydrogens is 672 g/mol. The second kappa shape index (κ2) is 14.8. The van der Waals surface area contributed by atoms with Crippen molar-refractivity contribution < 1.29 is 74.1 Å². The summed E-state index contributed by atoms with van der Waals surface area (Å²) < 4.78 is 30.0. The van der Waals surface area contributed by atoms with Crippen molar-refractivity contribution in [2.45, 2.75) is 146 Å². The van der Waals surface area contributed by atoms with Crippen LogP contribution in [0, 0.1) is 40.4 Å². The summed E-state index contributed by atoms with van der Waals surface area (Å²) in [6, 6.07) is 0. The van der Waals surface area contributed by atoms with Crippen molar-refractivity contribution in [2.75, 3.05) is 13.2 Å². The standard InChI is InChI=1S/C36H56O15/c1-15(2)9-24(39)50-30-29(51-33-28(43)27(42)25(40)21(13-37)48-33)26(41)22(14-38)49-34(30)47-18-10-19(32(45)46)20-7-8-36-11-17(16(3)31(36)44)5-6-23(36)35(20,4)12-18/h15,17-23,25-31,33-34,37-38,40-44H,3,5-14H2,1-2,4H3,(H,45,46)/t17-,18-,19-,20-,21-,22-,23+,25-,26-,27+,28-,29+,30-,31+,33+,34?,35-,36-/m1/s1. The van der Waals surface area contributed by atoms with Gasteiger partial charge in [0.25, 0.3) is 0 Å². The van der Waals surface area contributed by atoms with Crippen LogP contribution in [0.2, 0.25) is 0 Å². The SMILES string of the molecule is C=C1[C@@H]2CC[C@H]3[C@]4(C)C[C@H](OC5O[C@H](CO)[C@@H](O)[C@H](O[C@@H]6O[C@H](CO)[C@@H](O)[C@H](O)[C@H]6O)[C@H]5OC(=O)CC(C)C)C[C@@H](C(=O)O)[C@H]4CC[C@]3(C2)[C@H]1O. The van der Waals surface area contributed by atoms with Gasteiger partial charge in [-0.15, -0.1) is 0 Å². The summed E-state index contributed by atoms with van der Waals surface area (Å²) in [4.78, 5) is 26.0. The zero-order valence-electron chi connectivity index (χ0n) is 29.5. The number of aliphatic hydroxyl groups excluding tert-OH is 7. The molecular formula is C36H56O15. The van der Waals surface area contributed by atoms with Crippen molar-refractivity contribution in [3.8, 4) is 0 Å². The van der Waals surface area contributed by atoms with E-state index in [4.69, 9.17) is 23.7 Å². The maximum atomic E-state index is 13.2. The van der Waals surface area contributed by atoms with Gasteiger partial charge in [-0.3, -0.25) is 9.59 Å². The topological polar surface area (TPSA) is 242 Å². The number of aliphatic carboxylic acids is 1. The monoisotopic (exact) mass is 728 g/mol. The van der Waals surface area contributed by atoms with Gasteiger partial charge in [0.05, 0.1) is 31.3 Å². The molecule has 1 spiro atoms. The van der Waals surface area contributed by atoms with Gasteiger partial charge in [-0.25, -0.2) is 0 Å². The quantitative estimate of drug-likeness (QED) is 0.0828. The molecule has 18 atom stereocenters. The highest BCUT2D eigenvalue weighted by Gasteiger charge is 2.67. The molecule has 1 unspecified atom stereocenters. The van der Waals surface area contributed by atoms with Crippen LogP contribution in [0.3, 0.4) is 0 Å². The third-order valence-electron chi connectivity index (χ3n) is 13.2. The molecule has 2 heterocycles. The van der Waals surface area contributed by atoms with E-state index in [9.17, 15) is 50.4 Å². The Morgan fingerprint density at radius 2 is 1.55 bits per heavy atom. The Labute approximate surface area is 297 Å². The molecule has 8 N–H and O–H groups in total. The van der Waals surface area contributed by atoms with Gasteiger partial charge in [0.2, 0.25) is 0 Å². The molecule has 4 aliphatic carbocycles. The molecule has 0 radical (unpaired) electrons. The molecule has 0 aromatic heterocycles. The number of rotatable bonds is 10. The Morgan fingerprint density at radius 1 is 0.882 bits per heavy atom. The maximum Gasteiger partial charge on any atom is 0.306 e. The van der Waals surface area contributed by atoms with Crippen molar-refractivity contribution in [1.29, 1.82) is 0 Å². The third-order valence-corrected chi connectivity index (χ3v) is 13.2. The number of carbonyl (C=O) groups excluding carboxylic acids is 1. The van der Waals surface area contributed by atoms with Crippen molar-refractivity contribution in [3.63, 3.8) is 0 Å². The van der Waals surface area contributed by atoms with Crippen LogP contribution in [0.25, 0.3) is 0 Å². The Hall–Kier alpha value is -1.76. The van der Waals surface area contributed by atoms with Gasteiger partial charge >= 0.3 is 11.9 Å². The molecule has 4 saturated carbocycles. The lowest BCUT2D eigenvalue weighted by Gasteiger charge is -2.62. The molecule has 2 saturated heterocycles. The Bertz CT molecular complexity index is 1290. The molecule has 2 aliphatic heterocycles. The number of carbonyl (C=O) groups is 2. The van der Waals surface area contributed by atoms with E-state index in [0.717, 1.165) is 31.3 Å². The third kappa shape index (κ3) is 6.79. The van der Waals surface area contributed by atoms with Gasteiger partial charge < -0.3 is 64.5 Å². The maximum absolute atomic E-state index is 13.2. The first-order chi connectivity index (χ1) is 24.1. The first-order valence-electron chi connectivity index (χ1n) is 18.4. The smallest absolute Gasteiger partial charge is 0.306 e. The minimum atomic E-state index is -1.85.